The van der Waals surface area contributed by atoms with E-state index in [0.29, 0.717) is 21.8 Å². The zero-order chi connectivity index (χ0) is 29.0. The Morgan fingerprint density at radius 3 is 2.38 bits per heavy atom. The molecule has 42 heavy (non-hydrogen) atoms. The van der Waals surface area contributed by atoms with E-state index >= 15 is 0 Å². The second-order valence-electron chi connectivity index (χ2n) is 11.2. The third kappa shape index (κ3) is 3.73. The van der Waals surface area contributed by atoms with E-state index in [4.69, 9.17) is 11.6 Å². The van der Waals surface area contributed by atoms with E-state index < -0.39 is 23.4 Å². The molecular weight excluding hydrogens is 544 g/mol. The largest absolute Gasteiger partial charge is 0.352 e. The number of anilines is 2. The third-order valence-electron chi connectivity index (χ3n) is 9.01. The summed E-state index contributed by atoms with van der Waals surface area (Å²) in [5.74, 6) is -1.83. The second-order valence-corrected chi connectivity index (χ2v) is 11.6. The molecule has 3 aliphatic heterocycles. The van der Waals surface area contributed by atoms with Crippen molar-refractivity contribution in [2.45, 2.75) is 37.3 Å². The predicted octanol–water partition coefficient (Wildman–Crippen LogP) is 7.15. The second kappa shape index (κ2) is 10.1. The van der Waals surface area contributed by atoms with Gasteiger partial charge in [-0.25, -0.2) is 0 Å². The average molecular weight is 573 g/mol. The number of halogens is 1. The number of hydrogen-bond donors (Lipinski definition) is 1. The lowest BCUT2D eigenvalue weighted by Gasteiger charge is -2.37. The van der Waals surface area contributed by atoms with Crippen molar-refractivity contribution >= 4 is 46.5 Å². The van der Waals surface area contributed by atoms with E-state index in [-0.39, 0.29) is 17.5 Å². The average Bonchev–Trinajstić information content (AvgIpc) is 3.49. The van der Waals surface area contributed by atoms with Crippen LogP contribution in [0.1, 0.15) is 50.8 Å². The summed E-state index contributed by atoms with van der Waals surface area (Å²) >= 11 is 6.61. The summed E-state index contributed by atoms with van der Waals surface area (Å²) in [6.45, 7) is 2.12. The quantitative estimate of drug-likeness (QED) is 0.249. The molecule has 0 radical (unpaired) electrons. The van der Waals surface area contributed by atoms with Gasteiger partial charge in [-0.2, -0.15) is 0 Å². The van der Waals surface area contributed by atoms with E-state index in [0.717, 1.165) is 35.2 Å². The Balaban J connectivity index is 1.51. The zero-order valence-corrected chi connectivity index (χ0v) is 23.8. The molecule has 1 N–H and O–H groups in total. The molecule has 4 aromatic carbocycles. The van der Waals surface area contributed by atoms with Gasteiger partial charge >= 0.3 is 0 Å². The van der Waals surface area contributed by atoms with Gasteiger partial charge in [0.05, 0.1) is 17.0 Å². The number of amides is 1. The standard InChI is InChI=1S/C36H29ClN2O3/c1-2-9-22-16-18-24(19-17-22)33(40)31-32(34(41)25-11-4-6-13-27(25)37)39-29-15-8-3-10-23(29)20-21-30(39)36(31)26-12-5-7-14-28(26)38-35(36)42/h3-8,10-21,30-32H,2,9H2,1H3,(H,38,42)/t30-,31-,32+,36-/m0/s1. The Kier molecular flexibility index (Phi) is 6.36. The number of Topliss-reactive ketones (excluding diaryl/α,β-unsaturated/α-hetero) is 2. The lowest BCUT2D eigenvalue weighted by molar-refractivity contribution is -0.121. The SMILES string of the molecule is CCCc1ccc(C(=O)[C@@H]2[C@H](C(=O)c3ccccc3Cl)N3c4ccccc4C=C[C@H]3[C@]23C(=O)Nc2ccccc23)cc1. The highest BCUT2D eigenvalue weighted by Crippen LogP contribution is 2.58. The highest BCUT2D eigenvalue weighted by Gasteiger charge is 2.70. The third-order valence-corrected chi connectivity index (χ3v) is 9.34. The lowest BCUT2D eigenvalue weighted by atomic mass is 9.64. The van der Waals surface area contributed by atoms with E-state index in [9.17, 15) is 14.4 Å². The first kappa shape index (κ1) is 26.4. The highest BCUT2D eigenvalue weighted by molar-refractivity contribution is 6.34. The van der Waals surface area contributed by atoms with E-state index in [1.807, 2.05) is 89.8 Å². The predicted molar refractivity (Wildman–Crippen MR) is 166 cm³/mol. The van der Waals surface area contributed by atoms with Crippen molar-refractivity contribution in [3.05, 3.63) is 136 Å². The minimum atomic E-state index is -1.35. The molecule has 3 heterocycles. The molecule has 0 aliphatic carbocycles. The summed E-state index contributed by atoms with van der Waals surface area (Å²) in [7, 11) is 0. The fourth-order valence-corrected chi connectivity index (χ4v) is 7.47. The Hall–Kier alpha value is -4.48. The molecule has 0 bridgehead atoms. The molecule has 4 atom stereocenters. The van der Waals surface area contributed by atoms with Gasteiger partial charge in [-0.1, -0.05) is 110 Å². The number of carbonyl (C=O) groups is 3. The van der Waals surface area contributed by atoms with Crippen molar-refractivity contribution in [1.82, 2.24) is 0 Å². The first-order valence-electron chi connectivity index (χ1n) is 14.3. The summed E-state index contributed by atoms with van der Waals surface area (Å²) in [4.78, 5) is 46.1. The van der Waals surface area contributed by atoms with Crippen molar-refractivity contribution in [2.75, 3.05) is 10.2 Å². The monoisotopic (exact) mass is 572 g/mol. The van der Waals surface area contributed by atoms with Crippen molar-refractivity contribution in [2.24, 2.45) is 5.92 Å². The van der Waals surface area contributed by atoms with Crippen LogP contribution in [0.25, 0.3) is 6.08 Å². The molecule has 3 aliphatic rings. The number of aryl methyl sites for hydroxylation is 1. The zero-order valence-electron chi connectivity index (χ0n) is 23.1. The molecule has 0 aromatic heterocycles. The maximum atomic E-state index is 14.9. The fourth-order valence-electron chi connectivity index (χ4n) is 7.24. The van der Waals surface area contributed by atoms with Gasteiger partial charge in [0.2, 0.25) is 5.91 Å². The van der Waals surface area contributed by atoms with Gasteiger partial charge in [0.15, 0.2) is 11.6 Å². The number of nitrogens with zero attached hydrogens (tertiary/aromatic N) is 1. The van der Waals surface area contributed by atoms with Crippen LogP contribution in [0.5, 0.6) is 0 Å². The molecule has 1 amide bonds. The van der Waals surface area contributed by atoms with Crippen LogP contribution >= 0.6 is 11.6 Å². The number of rotatable bonds is 6. The summed E-state index contributed by atoms with van der Waals surface area (Å²) < 4.78 is 0. The molecule has 1 fully saturated rings. The first-order valence-corrected chi connectivity index (χ1v) is 14.7. The van der Waals surface area contributed by atoms with Crippen LogP contribution in [0, 0.1) is 5.92 Å². The van der Waals surface area contributed by atoms with Gasteiger partial charge in [0.25, 0.3) is 0 Å². The van der Waals surface area contributed by atoms with Gasteiger partial charge in [-0.15, -0.1) is 0 Å². The smallest absolute Gasteiger partial charge is 0.238 e. The molecule has 7 rings (SSSR count). The molecule has 1 spiro atoms. The van der Waals surface area contributed by atoms with Crippen molar-refractivity contribution in [1.29, 1.82) is 0 Å². The minimum absolute atomic E-state index is 0.240. The van der Waals surface area contributed by atoms with Gasteiger partial charge in [0.1, 0.15) is 11.5 Å². The highest BCUT2D eigenvalue weighted by atomic mass is 35.5. The lowest BCUT2D eigenvalue weighted by Crippen LogP contribution is -2.51. The Bertz CT molecular complexity index is 1780. The van der Waals surface area contributed by atoms with Crippen LogP contribution in [0.4, 0.5) is 11.4 Å². The summed E-state index contributed by atoms with van der Waals surface area (Å²) in [5, 5.41) is 3.38. The summed E-state index contributed by atoms with van der Waals surface area (Å²) in [5.41, 5.74) is 3.71. The van der Waals surface area contributed by atoms with Gasteiger partial charge < -0.3 is 10.2 Å². The van der Waals surface area contributed by atoms with Crippen molar-refractivity contribution in [3.8, 4) is 0 Å². The van der Waals surface area contributed by atoms with Gasteiger partial charge in [0, 0.05) is 22.5 Å². The van der Waals surface area contributed by atoms with Crippen LogP contribution in [0.2, 0.25) is 5.02 Å². The molecule has 5 nitrogen and oxygen atoms in total. The Morgan fingerprint density at radius 1 is 0.881 bits per heavy atom. The van der Waals surface area contributed by atoms with Crippen LogP contribution in [-0.4, -0.2) is 29.6 Å². The van der Waals surface area contributed by atoms with Crippen molar-refractivity contribution < 1.29 is 14.4 Å². The molecule has 0 saturated carbocycles. The Morgan fingerprint density at radius 2 is 1.60 bits per heavy atom. The Labute approximate surface area is 249 Å². The van der Waals surface area contributed by atoms with E-state index in [2.05, 4.69) is 12.2 Å². The fraction of sp³-hybridized carbons (Fsp3) is 0.194. The number of benzene rings is 4. The number of ketones is 2. The number of nitrogens with one attached hydrogen (secondary N) is 1. The van der Waals surface area contributed by atoms with Gasteiger partial charge in [-0.05, 0) is 47.4 Å². The van der Waals surface area contributed by atoms with E-state index in [1.165, 1.54) is 0 Å². The number of carbonyl (C=O) groups excluding carboxylic acids is 3. The van der Waals surface area contributed by atoms with Crippen LogP contribution in [-0.2, 0) is 16.6 Å². The summed E-state index contributed by atoms with van der Waals surface area (Å²) in [6.07, 6.45) is 5.87. The molecule has 208 valence electrons. The number of fused-ring (bicyclic) bond motifs is 6. The normalized spacial score (nSPS) is 23.3. The van der Waals surface area contributed by atoms with E-state index in [1.54, 1.807) is 24.3 Å². The number of para-hydroxylation sites is 2. The molecule has 6 heteroatoms. The van der Waals surface area contributed by atoms with Crippen LogP contribution < -0.4 is 10.2 Å². The minimum Gasteiger partial charge on any atom is -0.352 e. The molecule has 4 aromatic rings. The van der Waals surface area contributed by atoms with Gasteiger partial charge in [-0.3, -0.25) is 14.4 Å². The van der Waals surface area contributed by atoms with Crippen LogP contribution in [0.3, 0.4) is 0 Å². The topological polar surface area (TPSA) is 66.5 Å². The van der Waals surface area contributed by atoms with Crippen molar-refractivity contribution in [3.63, 3.8) is 0 Å². The van der Waals surface area contributed by atoms with Crippen LogP contribution in [0.15, 0.2) is 103 Å². The molecule has 1 saturated heterocycles. The maximum absolute atomic E-state index is 14.9. The maximum Gasteiger partial charge on any atom is 0.238 e. The number of hydrogen-bond acceptors (Lipinski definition) is 4. The molecule has 0 unspecified atom stereocenters. The summed E-state index contributed by atoms with van der Waals surface area (Å²) in [6, 6.07) is 28.3. The first-order chi connectivity index (χ1) is 20.5. The molecular formula is C36H29ClN2O3.